The van der Waals surface area contributed by atoms with Crippen molar-refractivity contribution in [1.82, 2.24) is 9.97 Å². The fourth-order valence-corrected chi connectivity index (χ4v) is 2.50. The first-order valence-corrected chi connectivity index (χ1v) is 6.97. The third-order valence-electron chi connectivity index (χ3n) is 2.89. The van der Waals surface area contributed by atoms with E-state index in [0.717, 1.165) is 28.2 Å². The fourth-order valence-electron chi connectivity index (χ4n) is 1.58. The average Bonchev–Trinajstić information content (AvgIpc) is 2.35. The van der Waals surface area contributed by atoms with Gasteiger partial charge in [0.2, 0.25) is 0 Å². The summed E-state index contributed by atoms with van der Waals surface area (Å²) in [7, 11) is 0. The summed E-state index contributed by atoms with van der Waals surface area (Å²) >= 11 is 1.61. The third-order valence-corrected chi connectivity index (χ3v) is 4.16. The highest BCUT2D eigenvalue weighted by molar-refractivity contribution is 7.99. The fraction of sp³-hybridized carbons (Fsp3) is 0.357. The van der Waals surface area contributed by atoms with Crippen LogP contribution in [0.15, 0.2) is 24.3 Å². The van der Waals surface area contributed by atoms with Gasteiger partial charge in [0.05, 0.1) is 27.7 Å². The van der Waals surface area contributed by atoms with E-state index in [1.165, 1.54) is 0 Å². The molecule has 0 saturated heterocycles. The number of thioether (sulfide) groups is 1. The van der Waals surface area contributed by atoms with Crippen molar-refractivity contribution < 1.29 is 4.79 Å². The zero-order chi connectivity index (χ0) is 13.1. The first-order valence-electron chi connectivity index (χ1n) is 5.92. The lowest BCUT2D eigenvalue weighted by atomic mass is 10.2. The Morgan fingerprint density at radius 3 is 2.50 bits per heavy atom. The summed E-state index contributed by atoms with van der Waals surface area (Å²) in [6.45, 7) is 5.52. The van der Waals surface area contributed by atoms with Gasteiger partial charge >= 0.3 is 0 Å². The maximum Gasteiger partial charge on any atom is 0.142 e. The van der Waals surface area contributed by atoms with Crippen molar-refractivity contribution in [3.05, 3.63) is 35.7 Å². The van der Waals surface area contributed by atoms with Crippen LogP contribution in [0, 0.1) is 6.92 Å². The molecule has 0 spiro atoms. The van der Waals surface area contributed by atoms with Crippen molar-refractivity contribution in [2.75, 3.05) is 0 Å². The minimum atomic E-state index is 0.0117. The Morgan fingerprint density at radius 2 is 1.89 bits per heavy atom. The van der Waals surface area contributed by atoms with Crippen LogP contribution in [0.2, 0.25) is 0 Å². The number of benzene rings is 1. The van der Waals surface area contributed by atoms with Gasteiger partial charge in [0, 0.05) is 5.75 Å². The Balaban J connectivity index is 2.23. The molecule has 4 heteroatoms. The molecule has 1 unspecified atom stereocenters. The van der Waals surface area contributed by atoms with Gasteiger partial charge in [0.1, 0.15) is 5.78 Å². The molecule has 0 aliphatic carbocycles. The smallest absolute Gasteiger partial charge is 0.142 e. The van der Waals surface area contributed by atoms with Crippen molar-refractivity contribution in [3.8, 4) is 0 Å². The molecule has 3 nitrogen and oxygen atoms in total. The van der Waals surface area contributed by atoms with E-state index >= 15 is 0 Å². The largest absolute Gasteiger partial charge is 0.299 e. The molecule has 0 amide bonds. The van der Waals surface area contributed by atoms with Crippen LogP contribution >= 0.6 is 11.8 Å². The van der Waals surface area contributed by atoms with Crippen molar-refractivity contribution in [2.24, 2.45) is 0 Å². The number of rotatable bonds is 4. The van der Waals surface area contributed by atoms with Gasteiger partial charge in [-0.25, -0.2) is 9.97 Å². The molecule has 0 bridgehead atoms. The number of carbonyl (C=O) groups is 1. The molecular formula is C14H16N2OS. The molecule has 0 aliphatic heterocycles. The van der Waals surface area contributed by atoms with E-state index in [9.17, 15) is 4.79 Å². The third kappa shape index (κ3) is 2.88. The van der Waals surface area contributed by atoms with Gasteiger partial charge in [-0.15, -0.1) is 11.8 Å². The number of aryl methyl sites for hydroxylation is 1. The second kappa shape index (κ2) is 5.48. The molecule has 1 aromatic carbocycles. The summed E-state index contributed by atoms with van der Waals surface area (Å²) in [6.07, 6.45) is 0. The molecule has 94 valence electrons. The van der Waals surface area contributed by atoms with E-state index in [0.29, 0.717) is 0 Å². The lowest BCUT2D eigenvalue weighted by Gasteiger charge is -2.09. The number of Topliss-reactive ketones (excluding diaryl/α,β-unsaturated/α-hetero) is 1. The molecule has 0 saturated carbocycles. The zero-order valence-electron chi connectivity index (χ0n) is 10.8. The van der Waals surface area contributed by atoms with Gasteiger partial charge in [-0.05, 0) is 32.9 Å². The SMILES string of the molecule is CC(=O)C(C)SCc1nc2ccccc2nc1C. The molecule has 0 aliphatic rings. The van der Waals surface area contributed by atoms with Crippen molar-refractivity contribution >= 4 is 28.6 Å². The number of hydrogen-bond donors (Lipinski definition) is 0. The Labute approximate surface area is 111 Å². The van der Waals surface area contributed by atoms with Gasteiger partial charge in [-0.1, -0.05) is 12.1 Å². The van der Waals surface area contributed by atoms with E-state index in [-0.39, 0.29) is 11.0 Å². The number of para-hydroxylation sites is 2. The van der Waals surface area contributed by atoms with E-state index in [4.69, 9.17) is 0 Å². The van der Waals surface area contributed by atoms with Gasteiger partial charge < -0.3 is 0 Å². The molecule has 2 aromatic rings. The van der Waals surface area contributed by atoms with E-state index in [1.54, 1.807) is 18.7 Å². The average molecular weight is 260 g/mol. The zero-order valence-corrected chi connectivity index (χ0v) is 11.6. The van der Waals surface area contributed by atoms with Crippen LogP contribution in [-0.2, 0) is 10.5 Å². The lowest BCUT2D eigenvalue weighted by molar-refractivity contribution is -0.116. The van der Waals surface area contributed by atoms with E-state index in [2.05, 4.69) is 9.97 Å². The maximum absolute atomic E-state index is 11.2. The highest BCUT2D eigenvalue weighted by atomic mass is 32.2. The predicted octanol–water partition coefficient (Wildman–Crippen LogP) is 3.15. The monoisotopic (exact) mass is 260 g/mol. The predicted molar refractivity (Wildman–Crippen MR) is 75.7 cm³/mol. The summed E-state index contributed by atoms with van der Waals surface area (Å²) in [4.78, 5) is 20.4. The quantitative estimate of drug-likeness (QED) is 0.847. The van der Waals surface area contributed by atoms with Gasteiger partial charge in [-0.2, -0.15) is 0 Å². The molecule has 2 rings (SSSR count). The summed E-state index contributed by atoms with van der Waals surface area (Å²) in [6, 6.07) is 7.85. The first-order chi connectivity index (χ1) is 8.58. The second-order valence-electron chi connectivity index (χ2n) is 4.31. The summed E-state index contributed by atoms with van der Waals surface area (Å²) < 4.78 is 0. The first kappa shape index (κ1) is 13.0. The van der Waals surface area contributed by atoms with Gasteiger partial charge in [0.15, 0.2) is 0 Å². The Kier molecular flexibility index (Phi) is 3.97. The normalized spacial score (nSPS) is 12.6. The minimum Gasteiger partial charge on any atom is -0.299 e. The summed E-state index contributed by atoms with van der Waals surface area (Å²) in [5.74, 6) is 0.927. The molecular weight excluding hydrogens is 244 g/mol. The number of fused-ring (bicyclic) bond motifs is 1. The molecule has 1 atom stereocenters. The van der Waals surface area contributed by atoms with Gasteiger partial charge in [0.25, 0.3) is 0 Å². The van der Waals surface area contributed by atoms with Crippen LogP contribution in [0.4, 0.5) is 0 Å². The Morgan fingerprint density at radius 1 is 1.28 bits per heavy atom. The minimum absolute atomic E-state index is 0.0117. The van der Waals surface area contributed by atoms with Crippen LogP contribution in [0.25, 0.3) is 11.0 Å². The van der Waals surface area contributed by atoms with Crippen LogP contribution in [-0.4, -0.2) is 21.0 Å². The van der Waals surface area contributed by atoms with Crippen molar-refractivity contribution in [3.63, 3.8) is 0 Å². The Bertz CT molecular complexity index is 583. The second-order valence-corrected chi connectivity index (χ2v) is 5.64. The Hall–Kier alpha value is -1.42. The van der Waals surface area contributed by atoms with E-state index in [1.807, 2.05) is 38.1 Å². The highest BCUT2D eigenvalue weighted by Gasteiger charge is 2.11. The number of carbonyl (C=O) groups excluding carboxylic acids is 1. The van der Waals surface area contributed by atoms with Crippen LogP contribution in [0.3, 0.4) is 0 Å². The standard InChI is InChI=1S/C14H16N2OS/c1-9-14(8-18-11(3)10(2)17)16-13-7-5-4-6-12(13)15-9/h4-7,11H,8H2,1-3H3. The van der Waals surface area contributed by atoms with Gasteiger partial charge in [-0.3, -0.25) is 4.79 Å². The molecule has 0 N–H and O–H groups in total. The topological polar surface area (TPSA) is 42.9 Å². The highest BCUT2D eigenvalue weighted by Crippen LogP contribution is 2.20. The lowest BCUT2D eigenvalue weighted by Crippen LogP contribution is -2.09. The summed E-state index contributed by atoms with van der Waals surface area (Å²) in [5, 5.41) is 0.0117. The van der Waals surface area contributed by atoms with Crippen molar-refractivity contribution in [2.45, 2.75) is 31.8 Å². The van der Waals surface area contributed by atoms with Crippen LogP contribution in [0.1, 0.15) is 25.2 Å². The van der Waals surface area contributed by atoms with Crippen LogP contribution in [0.5, 0.6) is 0 Å². The molecule has 18 heavy (non-hydrogen) atoms. The molecule has 0 radical (unpaired) electrons. The van der Waals surface area contributed by atoms with E-state index < -0.39 is 0 Å². The molecule has 1 aromatic heterocycles. The maximum atomic E-state index is 11.2. The number of hydrogen-bond acceptors (Lipinski definition) is 4. The summed E-state index contributed by atoms with van der Waals surface area (Å²) in [5.41, 5.74) is 3.74. The number of ketones is 1. The van der Waals surface area contributed by atoms with Crippen LogP contribution < -0.4 is 0 Å². The number of aromatic nitrogens is 2. The van der Waals surface area contributed by atoms with Crippen molar-refractivity contribution in [1.29, 1.82) is 0 Å². The number of nitrogens with zero attached hydrogens (tertiary/aromatic N) is 2. The molecule has 1 heterocycles. The molecule has 0 fully saturated rings.